The number of carboxylic acids is 1. The molecule has 5 rings (SSSR count). The van der Waals surface area contributed by atoms with Crippen LogP contribution < -0.4 is 4.90 Å². The van der Waals surface area contributed by atoms with Crippen molar-refractivity contribution in [2.75, 3.05) is 4.90 Å². The van der Waals surface area contributed by atoms with E-state index in [-0.39, 0.29) is 11.5 Å². The van der Waals surface area contributed by atoms with E-state index in [0.29, 0.717) is 43.0 Å². The zero-order chi connectivity index (χ0) is 25.2. The Balaban J connectivity index is 1.48. The molecular formula is C27H16Cl2N2O4S. The number of hydrogen-bond acceptors (Lipinski definition) is 5. The largest absolute Gasteiger partial charge is 0.478 e. The first kappa shape index (κ1) is 23.9. The first-order valence-electron chi connectivity index (χ1n) is 10.6. The Hall–Kier alpha value is -3.78. The molecule has 4 aromatic rings. The van der Waals surface area contributed by atoms with Gasteiger partial charge in [-0.05, 0) is 84.6 Å². The quantitative estimate of drug-likeness (QED) is 0.264. The third-order valence-corrected chi connectivity index (χ3v) is 6.73. The predicted molar refractivity (Wildman–Crippen MR) is 144 cm³/mol. The van der Waals surface area contributed by atoms with Crippen molar-refractivity contribution in [3.63, 3.8) is 0 Å². The average Bonchev–Trinajstić information content (AvgIpc) is 3.46. The fourth-order valence-corrected chi connectivity index (χ4v) is 4.72. The Morgan fingerprint density at radius 2 is 1.53 bits per heavy atom. The summed E-state index contributed by atoms with van der Waals surface area (Å²) in [6.07, 6.45) is 1.66. The number of benzene rings is 3. The lowest BCUT2D eigenvalue weighted by Gasteiger charge is -2.15. The van der Waals surface area contributed by atoms with E-state index in [1.165, 1.54) is 28.8 Å². The van der Waals surface area contributed by atoms with Gasteiger partial charge in [0.05, 0.1) is 21.8 Å². The van der Waals surface area contributed by atoms with E-state index < -0.39 is 5.97 Å². The summed E-state index contributed by atoms with van der Waals surface area (Å²) in [6, 6.07) is 23.9. The molecule has 1 N–H and O–H groups in total. The first-order chi connectivity index (χ1) is 17.4. The maximum atomic E-state index is 13.4. The van der Waals surface area contributed by atoms with Crippen LogP contribution in [-0.2, 0) is 4.79 Å². The second-order valence-electron chi connectivity index (χ2n) is 7.68. The van der Waals surface area contributed by atoms with Gasteiger partial charge in [-0.1, -0.05) is 35.3 Å². The van der Waals surface area contributed by atoms with Gasteiger partial charge in [0.1, 0.15) is 11.5 Å². The van der Waals surface area contributed by atoms with E-state index in [1.54, 1.807) is 78.9 Å². The summed E-state index contributed by atoms with van der Waals surface area (Å²) in [5.74, 6) is -0.214. The number of amides is 1. The third kappa shape index (κ3) is 5.09. The Morgan fingerprint density at radius 3 is 2.17 bits per heavy atom. The lowest BCUT2D eigenvalue weighted by Crippen LogP contribution is -2.28. The van der Waals surface area contributed by atoms with Crippen molar-refractivity contribution in [3.05, 3.63) is 111 Å². The van der Waals surface area contributed by atoms with Crippen LogP contribution in [0.15, 0.2) is 99.2 Å². The normalized spacial score (nSPS) is 15.7. The molecule has 3 aromatic carbocycles. The van der Waals surface area contributed by atoms with Gasteiger partial charge < -0.3 is 9.52 Å². The van der Waals surface area contributed by atoms with Gasteiger partial charge in [-0.25, -0.2) is 9.79 Å². The van der Waals surface area contributed by atoms with Crippen molar-refractivity contribution in [1.82, 2.24) is 0 Å². The number of nitrogens with zero attached hydrogens (tertiary/aromatic N) is 2. The molecule has 0 atom stereocenters. The molecule has 1 saturated heterocycles. The Kier molecular flexibility index (Phi) is 6.69. The highest BCUT2D eigenvalue weighted by Gasteiger charge is 2.35. The number of furan rings is 1. The molecule has 0 unspecified atom stereocenters. The molecule has 178 valence electrons. The van der Waals surface area contributed by atoms with Crippen molar-refractivity contribution in [2.45, 2.75) is 0 Å². The Labute approximate surface area is 220 Å². The van der Waals surface area contributed by atoms with E-state index in [9.17, 15) is 9.59 Å². The molecule has 1 aromatic heterocycles. The Bertz CT molecular complexity index is 1510. The van der Waals surface area contributed by atoms with Crippen LogP contribution in [0.5, 0.6) is 0 Å². The van der Waals surface area contributed by atoms with Gasteiger partial charge in [0.2, 0.25) is 0 Å². The van der Waals surface area contributed by atoms with Crippen LogP contribution in [0.25, 0.3) is 17.4 Å². The molecule has 0 saturated carbocycles. The van der Waals surface area contributed by atoms with Crippen molar-refractivity contribution < 1.29 is 19.1 Å². The van der Waals surface area contributed by atoms with Crippen molar-refractivity contribution in [3.8, 4) is 11.3 Å². The average molecular weight is 535 g/mol. The molecule has 6 nitrogen and oxygen atoms in total. The van der Waals surface area contributed by atoms with Gasteiger partial charge in [0, 0.05) is 21.7 Å². The second-order valence-corrected chi connectivity index (χ2v) is 9.56. The van der Waals surface area contributed by atoms with Crippen LogP contribution in [0, 0.1) is 0 Å². The second kappa shape index (κ2) is 10.1. The highest BCUT2D eigenvalue weighted by molar-refractivity contribution is 8.19. The first-order valence-corrected chi connectivity index (χ1v) is 12.2. The number of amidine groups is 1. The summed E-state index contributed by atoms with van der Waals surface area (Å²) in [6.45, 7) is 0. The zero-order valence-electron chi connectivity index (χ0n) is 18.4. The summed E-state index contributed by atoms with van der Waals surface area (Å²) in [4.78, 5) is 31.1. The molecule has 1 amide bonds. The molecular weight excluding hydrogens is 519 g/mol. The monoisotopic (exact) mass is 534 g/mol. The predicted octanol–water partition coefficient (Wildman–Crippen LogP) is 7.76. The number of thioether (sulfide) groups is 1. The summed E-state index contributed by atoms with van der Waals surface area (Å²) < 4.78 is 5.92. The molecule has 2 heterocycles. The summed E-state index contributed by atoms with van der Waals surface area (Å²) in [7, 11) is 0. The minimum Gasteiger partial charge on any atom is -0.478 e. The third-order valence-electron chi connectivity index (χ3n) is 5.26. The van der Waals surface area contributed by atoms with Crippen molar-refractivity contribution in [2.24, 2.45) is 4.99 Å². The highest BCUT2D eigenvalue weighted by atomic mass is 35.5. The van der Waals surface area contributed by atoms with Crippen LogP contribution in [0.3, 0.4) is 0 Å². The van der Waals surface area contributed by atoms with E-state index in [4.69, 9.17) is 32.7 Å². The molecule has 1 fully saturated rings. The van der Waals surface area contributed by atoms with E-state index >= 15 is 0 Å². The standard InChI is InChI=1S/C27H16Cl2N2O4S/c28-18-5-9-20(10-6-18)30-27-31(21-11-7-19(29)8-12-21)25(32)24(36-27)15-22-13-14-23(35-22)16-1-3-17(4-2-16)26(33)34/h1-15H,(H,33,34)/b24-15-,30-27?. The van der Waals surface area contributed by atoms with Gasteiger partial charge in [0.15, 0.2) is 5.17 Å². The van der Waals surface area contributed by atoms with Crippen molar-refractivity contribution in [1.29, 1.82) is 0 Å². The number of carbonyl (C=O) groups is 2. The number of anilines is 1. The van der Waals surface area contributed by atoms with Gasteiger partial charge in [-0.3, -0.25) is 9.69 Å². The summed E-state index contributed by atoms with van der Waals surface area (Å²) >= 11 is 13.3. The zero-order valence-corrected chi connectivity index (χ0v) is 20.7. The minimum absolute atomic E-state index is 0.190. The highest BCUT2D eigenvalue weighted by Crippen LogP contribution is 2.38. The number of aliphatic imine (C=N–C) groups is 1. The maximum absolute atomic E-state index is 13.4. The molecule has 36 heavy (non-hydrogen) atoms. The van der Waals surface area contributed by atoms with Crippen LogP contribution in [-0.4, -0.2) is 22.2 Å². The van der Waals surface area contributed by atoms with E-state index in [2.05, 4.69) is 4.99 Å². The van der Waals surface area contributed by atoms with Gasteiger partial charge in [-0.2, -0.15) is 0 Å². The molecule has 9 heteroatoms. The number of rotatable bonds is 5. The number of hydrogen-bond donors (Lipinski definition) is 1. The van der Waals surface area contributed by atoms with Crippen molar-refractivity contribution >= 4 is 69.5 Å². The molecule has 0 spiro atoms. The lowest BCUT2D eigenvalue weighted by molar-refractivity contribution is -0.113. The maximum Gasteiger partial charge on any atom is 0.335 e. The number of halogens is 2. The number of carboxylic acid groups (broad SMARTS) is 1. The molecule has 1 aliphatic heterocycles. The van der Waals surface area contributed by atoms with E-state index in [0.717, 1.165) is 5.56 Å². The summed E-state index contributed by atoms with van der Waals surface area (Å²) in [5, 5.41) is 10.7. The molecule has 0 radical (unpaired) electrons. The SMILES string of the molecule is O=C(O)c1ccc(-c2ccc(/C=C3\SC(=Nc4ccc(Cl)cc4)N(c4ccc(Cl)cc4)C3=O)o2)cc1. The van der Waals surface area contributed by atoms with Crippen LogP contribution in [0.1, 0.15) is 16.1 Å². The van der Waals surface area contributed by atoms with E-state index in [1.807, 2.05) is 0 Å². The minimum atomic E-state index is -0.996. The van der Waals surface area contributed by atoms with Crippen LogP contribution >= 0.6 is 35.0 Å². The van der Waals surface area contributed by atoms with Gasteiger partial charge in [0.25, 0.3) is 5.91 Å². The fourth-order valence-electron chi connectivity index (χ4n) is 3.48. The number of carbonyl (C=O) groups excluding carboxylic acids is 1. The van der Waals surface area contributed by atoms with Crippen LogP contribution in [0.4, 0.5) is 11.4 Å². The smallest absolute Gasteiger partial charge is 0.335 e. The molecule has 1 aliphatic rings. The van der Waals surface area contributed by atoms with Gasteiger partial charge >= 0.3 is 5.97 Å². The fraction of sp³-hybridized carbons (Fsp3) is 0. The summed E-state index contributed by atoms with van der Waals surface area (Å²) in [5.41, 5.74) is 2.20. The van der Waals surface area contributed by atoms with Crippen LogP contribution in [0.2, 0.25) is 10.0 Å². The molecule has 0 bridgehead atoms. The Morgan fingerprint density at radius 1 is 0.889 bits per heavy atom. The van der Waals surface area contributed by atoms with Gasteiger partial charge in [-0.15, -0.1) is 0 Å². The lowest BCUT2D eigenvalue weighted by atomic mass is 10.1. The topological polar surface area (TPSA) is 83.1 Å². The molecule has 0 aliphatic carbocycles. The number of aromatic carboxylic acids is 1.